The van der Waals surface area contributed by atoms with Gasteiger partial charge in [-0.05, 0) is 38.3 Å². The van der Waals surface area contributed by atoms with Crippen LogP contribution in [0.2, 0.25) is 0 Å². The molecule has 0 radical (unpaired) electrons. The lowest BCUT2D eigenvalue weighted by Crippen LogP contribution is -2.41. The molecule has 104 valence electrons. The van der Waals surface area contributed by atoms with E-state index in [0.717, 1.165) is 6.54 Å². The highest BCUT2D eigenvalue weighted by Gasteiger charge is 2.25. The number of amidine groups is 1. The minimum absolute atomic E-state index is 0.204. The molecule has 0 saturated carbocycles. The summed E-state index contributed by atoms with van der Waals surface area (Å²) in [6.45, 7) is 6.06. The van der Waals surface area contributed by atoms with Gasteiger partial charge in [-0.2, -0.15) is 0 Å². The van der Waals surface area contributed by atoms with Crippen LogP contribution in [-0.4, -0.2) is 23.3 Å². The van der Waals surface area contributed by atoms with Crippen LogP contribution in [0.4, 0.5) is 4.39 Å². The molecule has 1 aromatic rings. The molecule has 1 aromatic carbocycles. The molecule has 2 unspecified atom stereocenters. The maximum absolute atomic E-state index is 14.3. The fourth-order valence-electron chi connectivity index (χ4n) is 2.77. The van der Waals surface area contributed by atoms with Gasteiger partial charge in [0.1, 0.15) is 11.7 Å². The van der Waals surface area contributed by atoms with Gasteiger partial charge in [-0.15, -0.1) is 0 Å². The molecule has 1 fully saturated rings. The number of halogens is 1. The number of likely N-dealkylation sites (tertiary alicyclic amines) is 1. The summed E-state index contributed by atoms with van der Waals surface area (Å²) in [7, 11) is 0. The summed E-state index contributed by atoms with van der Waals surface area (Å²) in [6, 6.07) is 5.58. The van der Waals surface area contributed by atoms with E-state index in [4.69, 9.17) is 11.1 Å². The second-order valence-corrected chi connectivity index (χ2v) is 5.52. The molecule has 0 amide bonds. The van der Waals surface area contributed by atoms with E-state index in [1.807, 2.05) is 0 Å². The molecule has 0 aromatic heterocycles. The van der Waals surface area contributed by atoms with Crippen LogP contribution in [0.1, 0.15) is 37.8 Å². The third-order valence-electron chi connectivity index (χ3n) is 4.25. The molecule has 4 heteroatoms. The van der Waals surface area contributed by atoms with Crippen molar-refractivity contribution in [3.05, 3.63) is 35.1 Å². The first kappa shape index (κ1) is 14.0. The van der Waals surface area contributed by atoms with Gasteiger partial charge >= 0.3 is 0 Å². The standard InChI is InChI=1S/C15H22FN3/c1-10-5-4-8-19(11(10)2)9-12-6-3-7-13(14(12)16)15(17)18/h3,6-7,10-11H,4-5,8-9H2,1-2H3,(H3,17,18). The molecule has 2 atom stereocenters. The van der Waals surface area contributed by atoms with E-state index < -0.39 is 0 Å². The van der Waals surface area contributed by atoms with Gasteiger partial charge in [0.2, 0.25) is 0 Å². The second-order valence-electron chi connectivity index (χ2n) is 5.52. The Morgan fingerprint density at radius 3 is 2.89 bits per heavy atom. The largest absolute Gasteiger partial charge is 0.384 e. The van der Waals surface area contributed by atoms with Crippen LogP contribution < -0.4 is 5.73 Å². The van der Waals surface area contributed by atoms with Crippen molar-refractivity contribution in [1.82, 2.24) is 4.90 Å². The number of rotatable bonds is 3. The Morgan fingerprint density at radius 1 is 1.47 bits per heavy atom. The van der Waals surface area contributed by atoms with Crippen molar-refractivity contribution in [2.45, 2.75) is 39.3 Å². The van der Waals surface area contributed by atoms with E-state index in [0.29, 0.717) is 24.1 Å². The SMILES string of the molecule is CC1CCCN(Cc2cccc(C(=N)N)c2F)C1C. The van der Waals surface area contributed by atoms with Gasteiger partial charge in [0.25, 0.3) is 0 Å². The Labute approximate surface area is 114 Å². The van der Waals surface area contributed by atoms with Crippen molar-refractivity contribution in [2.75, 3.05) is 6.54 Å². The quantitative estimate of drug-likeness (QED) is 0.651. The van der Waals surface area contributed by atoms with Crippen molar-refractivity contribution < 1.29 is 4.39 Å². The van der Waals surface area contributed by atoms with Crippen LogP contribution >= 0.6 is 0 Å². The third kappa shape index (κ3) is 2.95. The Morgan fingerprint density at radius 2 is 2.21 bits per heavy atom. The molecular formula is C15H22FN3. The molecule has 1 aliphatic heterocycles. The molecule has 0 spiro atoms. The van der Waals surface area contributed by atoms with Crippen molar-refractivity contribution in [1.29, 1.82) is 5.41 Å². The Bertz CT molecular complexity index is 472. The third-order valence-corrected chi connectivity index (χ3v) is 4.25. The van der Waals surface area contributed by atoms with Gasteiger partial charge in [0, 0.05) is 18.2 Å². The molecule has 3 nitrogen and oxygen atoms in total. The fourth-order valence-corrected chi connectivity index (χ4v) is 2.77. The summed E-state index contributed by atoms with van der Waals surface area (Å²) in [5.74, 6) is 0.0904. The monoisotopic (exact) mass is 263 g/mol. The molecule has 3 N–H and O–H groups in total. The topological polar surface area (TPSA) is 53.1 Å². The predicted octanol–water partition coefficient (Wildman–Crippen LogP) is 2.73. The van der Waals surface area contributed by atoms with Gasteiger partial charge < -0.3 is 5.73 Å². The van der Waals surface area contributed by atoms with E-state index in [9.17, 15) is 4.39 Å². The van der Waals surface area contributed by atoms with Crippen LogP contribution in [0.25, 0.3) is 0 Å². The molecule has 1 heterocycles. The Kier molecular flexibility index (Phi) is 4.20. The average Bonchev–Trinajstić information content (AvgIpc) is 2.37. The van der Waals surface area contributed by atoms with Crippen molar-refractivity contribution >= 4 is 5.84 Å². The average molecular weight is 263 g/mol. The zero-order chi connectivity index (χ0) is 14.0. The van der Waals surface area contributed by atoms with Crippen LogP contribution in [0.5, 0.6) is 0 Å². The fraction of sp³-hybridized carbons (Fsp3) is 0.533. The molecule has 1 aliphatic rings. The lowest BCUT2D eigenvalue weighted by Gasteiger charge is -2.38. The Balaban J connectivity index is 2.19. The number of benzene rings is 1. The minimum atomic E-state index is -0.347. The lowest BCUT2D eigenvalue weighted by molar-refractivity contribution is 0.105. The maximum atomic E-state index is 14.3. The summed E-state index contributed by atoms with van der Waals surface area (Å²) in [5, 5.41) is 7.39. The first-order chi connectivity index (χ1) is 9.00. The number of nitrogens with two attached hydrogens (primary N) is 1. The number of piperidine rings is 1. The first-order valence-electron chi connectivity index (χ1n) is 6.86. The molecule has 19 heavy (non-hydrogen) atoms. The van der Waals surface area contributed by atoms with E-state index >= 15 is 0 Å². The summed E-state index contributed by atoms with van der Waals surface area (Å²) in [4.78, 5) is 2.32. The molecule has 2 rings (SSSR count). The number of hydrogen-bond donors (Lipinski definition) is 2. The van der Waals surface area contributed by atoms with Crippen molar-refractivity contribution in [2.24, 2.45) is 11.7 Å². The Hall–Kier alpha value is -1.42. The zero-order valence-corrected chi connectivity index (χ0v) is 11.6. The van der Waals surface area contributed by atoms with Crippen molar-refractivity contribution in [3.63, 3.8) is 0 Å². The van der Waals surface area contributed by atoms with Crippen molar-refractivity contribution in [3.8, 4) is 0 Å². The first-order valence-corrected chi connectivity index (χ1v) is 6.86. The molecular weight excluding hydrogens is 241 g/mol. The number of nitrogens with one attached hydrogen (secondary N) is 1. The smallest absolute Gasteiger partial charge is 0.138 e. The van der Waals surface area contributed by atoms with Crippen LogP contribution in [0.3, 0.4) is 0 Å². The van der Waals surface area contributed by atoms with E-state index in [1.165, 1.54) is 12.8 Å². The van der Waals surface area contributed by atoms with Gasteiger partial charge in [-0.1, -0.05) is 19.1 Å². The predicted molar refractivity (Wildman–Crippen MR) is 75.7 cm³/mol. The van der Waals surface area contributed by atoms with Crippen LogP contribution in [0, 0.1) is 17.1 Å². The summed E-state index contributed by atoms with van der Waals surface area (Å²) in [6.07, 6.45) is 2.41. The summed E-state index contributed by atoms with van der Waals surface area (Å²) in [5.41, 5.74) is 6.23. The maximum Gasteiger partial charge on any atom is 0.138 e. The number of nitrogens with zero attached hydrogens (tertiary/aromatic N) is 1. The highest BCUT2D eigenvalue weighted by atomic mass is 19.1. The van der Waals surface area contributed by atoms with Gasteiger partial charge in [0.15, 0.2) is 0 Å². The highest BCUT2D eigenvalue weighted by molar-refractivity contribution is 5.95. The second kappa shape index (κ2) is 5.70. The zero-order valence-electron chi connectivity index (χ0n) is 11.6. The van der Waals surface area contributed by atoms with E-state index in [-0.39, 0.29) is 17.2 Å². The minimum Gasteiger partial charge on any atom is -0.384 e. The van der Waals surface area contributed by atoms with Gasteiger partial charge in [0.05, 0.1) is 5.56 Å². The molecule has 0 aliphatic carbocycles. The highest BCUT2D eigenvalue weighted by Crippen LogP contribution is 2.25. The van der Waals surface area contributed by atoms with E-state index in [1.54, 1.807) is 18.2 Å². The summed E-state index contributed by atoms with van der Waals surface area (Å²) < 4.78 is 14.3. The van der Waals surface area contributed by atoms with E-state index in [2.05, 4.69) is 18.7 Å². The summed E-state index contributed by atoms with van der Waals surface area (Å²) >= 11 is 0. The molecule has 1 saturated heterocycles. The van der Waals surface area contributed by atoms with Gasteiger partial charge in [-0.3, -0.25) is 10.3 Å². The van der Waals surface area contributed by atoms with Gasteiger partial charge in [-0.25, -0.2) is 4.39 Å². The normalized spacial score (nSPS) is 24.4. The molecule has 0 bridgehead atoms. The number of nitrogen functional groups attached to an aromatic ring is 1. The van der Waals surface area contributed by atoms with Crippen LogP contribution in [-0.2, 0) is 6.54 Å². The lowest BCUT2D eigenvalue weighted by atomic mass is 9.91. The number of hydrogen-bond acceptors (Lipinski definition) is 2. The van der Waals surface area contributed by atoms with Crippen LogP contribution in [0.15, 0.2) is 18.2 Å².